The first kappa shape index (κ1) is 16.8. The molecular weight excluding hydrogens is 388 g/mol. The molecule has 2 heteroatoms. The summed E-state index contributed by atoms with van der Waals surface area (Å²) in [5.41, 5.74) is 6.94. The van der Waals surface area contributed by atoms with Crippen LogP contribution in [0.15, 0.2) is 42.5 Å². The number of alkyl halides is 2. The molecule has 0 heterocycles. The third-order valence-electron chi connectivity index (χ3n) is 4.26. The fourth-order valence-electron chi connectivity index (χ4n) is 2.67. The molecule has 0 aliphatic carbocycles. The quantitative estimate of drug-likeness (QED) is 0.540. The molecule has 0 saturated heterocycles. The monoisotopic (exact) mass is 408 g/mol. The van der Waals surface area contributed by atoms with Crippen molar-refractivity contribution >= 4 is 31.9 Å². The average molecular weight is 410 g/mol. The molecule has 0 fully saturated rings. The van der Waals surface area contributed by atoms with Gasteiger partial charge in [-0.25, -0.2) is 0 Å². The summed E-state index contributed by atoms with van der Waals surface area (Å²) in [7, 11) is 0. The predicted octanol–water partition coefficient (Wildman–Crippen LogP) is 5.88. The summed E-state index contributed by atoms with van der Waals surface area (Å²) in [5, 5.41) is 1.89. The third kappa shape index (κ3) is 3.78. The molecule has 2 aromatic carbocycles. The highest BCUT2D eigenvalue weighted by atomic mass is 79.9. The minimum absolute atomic E-state index is 0.0910. The third-order valence-corrected chi connectivity index (χ3v) is 6.40. The standard InChI is InChI=1S/C19H22Br2/c1-14-5-4-6-18(9-14)19(12-20,13-21)11-17-8-7-15(2)16(3)10-17/h4-10H,11-13H2,1-3H3. The van der Waals surface area contributed by atoms with Crippen LogP contribution in [-0.4, -0.2) is 10.7 Å². The average Bonchev–Trinajstić information content (AvgIpc) is 2.48. The van der Waals surface area contributed by atoms with Crippen LogP contribution < -0.4 is 0 Å². The van der Waals surface area contributed by atoms with Crippen molar-refractivity contribution in [2.45, 2.75) is 32.6 Å². The summed E-state index contributed by atoms with van der Waals surface area (Å²) in [6, 6.07) is 15.7. The van der Waals surface area contributed by atoms with Gasteiger partial charge in [0.1, 0.15) is 0 Å². The van der Waals surface area contributed by atoms with Gasteiger partial charge in [0.15, 0.2) is 0 Å². The molecule has 2 rings (SSSR count). The van der Waals surface area contributed by atoms with Crippen molar-refractivity contribution in [2.24, 2.45) is 0 Å². The van der Waals surface area contributed by atoms with Crippen LogP contribution in [0.5, 0.6) is 0 Å². The van der Waals surface area contributed by atoms with Crippen molar-refractivity contribution in [2.75, 3.05) is 10.7 Å². The largest absolute Gasteiger partial charge is 0.0918 e. The van der Waals surface area contributed by atoms with E-state index in [2.05, 4.69) is 95.1 Å². The maximum atomic E-state index is 3.75. The second-order valence-electron chi connectivity index (χ2n) is 6.01. The Kier molecular flexibility index (Phi) is 5.67. The van der Waals surface area contributed by atoms with Crippen LogP contribution in [0.2, 0.25) is 0 Å². The van der Waals surface area contributed by atoms with E-state index < -0.39 is 0 Å². The number of hydrogen-bond donors (Lipinski definition) is 0. The Morgan fingerprint density at radius 1 is 0.857 bits per heavy atom. The molecule has 0 aliphatic rings. The van der Waals surface area contributed by atoms with Crippen molar-refractivity contribution < 1.29 is 0 Å². The maximum Gasteiger partial charge on any atom is 0.0187 e. The van der Waals surface area contributed by atoms with Gasteiger partial charge in [-0.3, -0.25) is 0 Å². The summed E-state index contributed by atoms with van der Waals surface area (Å²) in [4.78, 5) is 0. The van der Waals surface area contributed by atoms with Gasteiger partial charge in [0.05, 0.1) is 0 Å². The van der Waals surface area contributed by atoms with E-state index in [-0.39, 0.29) is 5.41 Å². The van der Waals surface area contributed by atoms with Gasteiger partial charge < -0.3 is 0 Å². The molecule has 0 amide bonds. The Morgan fingerprint density at radius 3 is 2.14 bits per heavy atom. The lowest BCUT2D eigenvalue weighted by atomic mass is 9.78. The minimum atomic E-state index is 0.0910. The molecule has 2 aromatic rings. The second kappa shape index (κ2) is 7.11. The minimum Gasteiger partial charge on any atom is -0.0918 e. The molecule has 0 aliphatic heterocycles. The number of aryl methyl sites for hydroxylation is 3. The van der Waals surface area contributed by atoms with Crippen LogP contribution >= 0.6 is 31.9 Å². The highest BCUT2D eigenvalue weighted by Gasteiger charge is 2.30. The fraction of sp³-hybridized carbons (Fsp3) is 0.368. The molecule has 0 aromatic heterocycles. The van der Waals surface area contributed by atoms with Gasteiger partial charge in [-0.05, 0) is 49.4 Å². The normalized spacial score (nSPS) is 11.7. The van der Waals surface area contributed by atoms with Crippen molar-refractivity contribution in [3.63, 3.8) is 0 Å². The van der Waals surface area contributed by atoms with Crippen LogP contribution in [-0.2, 0) is 11.8 Å². The highest BCUT2D eigenvalue weighted by Crippen LogP contribution is 2.33. The van der Waals surface area contributed by atoms with E-state index in [9.17, 15) is 0 Å². The molecule has 0 atom stereocenters. The van der Waals surface area contributed by atoms with E-state index in [1.165, 1.54) is 27.8 Å². The Hall–Kier alpha value is -0.600. The Bertz CT molecular complexity index is 613. The zero-order chi connectivity index (χ0) is 15.5. The van der Waals surface area contributed by atoms with Gasteiger partial charge in [-0.1, -0.05) is 79.9 Å². The summed E-state index contributed by atoms with van der Waals surface area (Å²) in [6.45, 7) is 6.52. The van der Waals surface area contributed by atoms with Crippen LogP contribution in [0, 0.1) is 20.8 Å². The fourth-order valence-corrected chi connectivity index (χ4v) is 4.64. The molecule has 0 nitrogen and oxygen atoms in total. The smallest absolute Gasteiger partial charge is 0.0187 e. The number of rotatable bonds is 5. The second-order valence-corrected chi connectivity index (χ2v) is 7.13. The Morgan fingerprint density at radius 2 is 1.57 bits per heavy atom. The van der Waals surface area contributed by atoms with Crippen molar-refractivity contribution in [1.82, 2.24) is 0 Å². The maximum absolute atomic E-state index is 3.75. The molecule has 0 saturated carbocycles. The molecular formula is C19H22Br2. The molecule has 0 spiro atoms. The lowest BCUT2D eigenvalue weighted by Crippen LogP contribution is -2.33. The zero-order valence-corrected chi connectivity index (χ0v) is 16.1. The summed E-state index contributed by atoms with van der Waals surface area (Å²) >= 11 is 7.51. The lowest BCUT2D eigenvalue weighted by Gasteiger charge is -2.31. The SMILES string of the molecule is Cc1cccc(C(CBr)(CBr)Cc2ccc(C)c(C)c2)c1. The number of benzene rings is 2. The zero-order valence-electron chi connectivity index (χ0n) is 12.9. The number of hydrogen-bond acceptors (Lipinski definition) is 0. The van der Waals surface area contributed by atoms with Gasteiger partial charge in [0.2, 0.25) is 0 Å². The predicted molar refractivity (Wildman–Crippen MR) is 100 cm³/mol. The van der Waals surface area contributed by atoms with E-state index in [1.807, 2.05) is 0 Å². The molecule has 21 heavy (non-hydrogen) atoms. The van der Waals surface area contributed by atoms with E-state index in [0.717, 1.165) is 17.1 Å². The molecule has 0 unspecified atom stereocenters. The summed E-state index contributed by atoms with van der Waals surface area (Å²) in [5.74, 6) is 0. The van der Waals surface area contributed by atoms with E-state index in [4.69, 9.17) is 0 Å². The first-order chi connectivity index (χ1) is 10.0. The van der Waals surface area contributed by atoms with Gasteiger partial charge in [0, 0.05) is 16.1 Å². The molecule has 0 radical (unpaired) electrons. The summed E-state index contributed by atoms with van der Waals surface area (Å²) < 4.78 is 0. The highest BCUT2D eigenvalue weighted by molar-refractivity contribution is 9.09. The Labute approximate surface area is 145 Å². The van der Waals surface area contributed by atoms with E-state index in [0.29, 0.717) is 0 Å². The first-order valence-electron chi connectivity index (χ1n) is 7.26. The molecule has 112 valence electrons. The topological polar surface area (TPSA) is 0 Å². The Balaban J connectivity index is 2.40. The van der Waals surface area contributed by atoms with E-state index in [1.54, 1.807) is 0 Å². The van der Waals surface area contributed by atoms with Gasteiger partial charge in [-0.15, -0.1) is 0 Å². The van der Waals surface area contributed by atoms with E-state index >= 15 is 0 Å². The van der Waals surface area contributed by atoms with Gasteiger partial charge in [0.25, 0.3) is 0 Å². The van der Waals surface area contributed by atoms with Crippen molar-refractivity contribution in [3.8, 4) is 0 Å². The van der Waals surface area contributed by atoms with Gasteiger partial charge >= 0.3 is 0 Å². The first-order valence-corrected chi connectivity index (χ1v) is 9.50. The van der Waals surface area contributed by atoms with Crippen LogP contribution in [0.25, 0.3) is 0 Å². The van der Waals surface area contributed by atoms with Gasteiger partial charge in [-0.2, -0.15) is 0 Å². The molecule has 0 bridgehead atoms. The number of halogens is 2. The van der Waals surface area contributed by atoms with Crippen molar-refractivity contribution in [3.05, 3.63) is 70.3 Å². The summed E-state index contributed by atoms with van der Waals surface area (Å²) in [6.07, 6.45) is 1.04. The van der Waals surface area contributed by atoms with Crippen LogP contribution in [0.1, 0.15) is 27.8 Å². The van der Waals surface area contributed by atoms with Crippen LogP contribution in [0.4, 0.5) is 0 Å². The van der Waals surface area contributed by atoms with Crippen molar-refractivity contribution in [1.29, 1.82) is 0 Å². The molecule has 0 N–H and O–H groups in total. The lowest BCUT2D eigenvalue weighted by molar-refractivity contribution is 0.550. The van der Waals surface area contributed by atoms with Crippen LogP contribution in [0.3, 0.4) is 0 Å².